The van der Waals surface area contributed by atoms with Gasteiger partial charge in [-0.2, -0.15) is 0 Å². The Morgan fingerprint density at radius 2 is 1.45 bits per heavy atom. The van der Waals surface area contributed by atoms with Crippen molar-refractivity contribution in [3.05, 3.63) is 71.8 Å². The molecule has 3 rings (SSSR count). The summed E-state index contributed by atoms with van der Waals surface area (Å²) >= 11 is 0. The largest absolute Gasteiger partial charge is 0.294 e. The topological polar surface area (TPSA) is 17.1 Å². The average molecular weight is 292 g/mol. The molecule has 0 aromatic heterocycles. The third kappa shape index (κ3) is 2.61. The van der Waals surface area contributed by atoms with Crippen molar-refractivity contribution in [2.75, 3.05) is 0 Å². The van der Waals surface area contributed by atoms with Crippen molar-refractivity contribution in [1.29, 1.82) is 0 Å². The highest BCUT2D eigenvalue weighted by molar-refractivity contribution is 5.99. The third-order valence-corrected chi connectivity index (χ3v) is 5.18. The van der Waals surface area contributed by atoms with Crippen LogP contribution in [0.15, 0.2) is 60.7 Å². The Hall–Kier alpha value is -1.89. The molecule has 1 nitrogen and oxygen atoms in total. The standard InChI is InChI=1S/C21H24O/c1-20(2)14-18(19(22)16-10-6-4-7-11-16)21(3,15-20)17-12-8-5-9-13-17/h4-13,18H,14-15H2,1-3H3/t18-,21-/m1/s1. The first-order valence-corrected chi connectivity index (χ1v) is 8.07. The van der Waals surface area contributed by atoms with Crippen LogP contribution in [-0.4, -0.2) is 5.78 Å². The molecule has 0 spiro atoms. The summed E-state index contributed by atoms with van der Waals surface area (Å²) < 4.78 is 0. The Labute approximate surface area is 133 Å². The molecule has 0 amide bonds. The van der Waals surface area contributed by atoms with Gasteiger partial charge in [-0.1, -0.05) is 81.4 Å². The Bertz CT molecular complexity index is 657. The molecule has 1 heteroatoms. The molecule has 1 aliphatic carbocycles. The molecule has 2 aromatic rings. The Morgan fingerprint density at radius 1 is 0.909 bits per heavy atom. The van der Waals surface area contributed by atoms with Gasteiger partial charge < -0.3 is 0 Å². The number of ketones is 1. The fourth-order valence-corrected chi connectivity index (χ4v) is 4.28. The minimum absolute atomic E-state index is 0.0484. The van der Waals surface area contributed by atoms with Crippen molar-refractivity contribution in [3.63, 3.8) is 0 Å². The first kappa shape index (κ1) is 15.0. The molecule has 0 saturated heterocycles. The molecule has 0 bridgehead atoms. The van der Waals surface area contributed by atoms with Crippen molar-refractivity contribution >= 4 is 5.78 Å². The zero-order chi connectivity index (χ0) is 15.8. The van der Waals surface area contributed by atoms with Crippen LogP contribution < -0.4 is 0 Å². The van der Waals surface area contributed by atoms with Crippen molar-refractivity contribution in [2.24, 2.45) is 11.3 Å². The number of hydrogen-bond acceptors (Lipinski definition) is 1. The van der Waals surface area contributed by atoms with E-state index in [0.717, 1.165) is 18.4 Å². The fraction of sp³-hybridized carbons (Fsp3) is 0.381. The van der Waals surface area contributed by atoms with E-state index in [-0.39, 0.29) is 22.5 Å². The van der Waals surface area contributed by atoms with Crippen LogP contribution in [0, 0.1) is 11.3 Å². The number of rotatable bonds is 3. The first-order chi connectivity index (χ1) is 10.4. The summed E-state index contributed by atoms with van der Waals surface area (Å²) in [5.41, 5.74) is 2.24. The quantitative estimate of drug-likeness (QED) is 0.705. The lowest BCUT2D eigenvalue weighted by atomic mass is 9.71. The van der Waals surface area contributed by atoms with Crippen molar-refractivity contribution in [1.82, 2.24) is 0 Å². The minimum atomic E-state index is -0.0856. The summed E-state index contributed by atoms with van der Waals surface area (Å²) in [6.45, 7) is 6.83. The van der Waals surface area contributed by atoms with Crippen LogP contribution in [0.25, 0.3) is 0 Å². The Morgan fingerprint density at radius 3 is 2.05 bits per heavy atom. The lowest BCUT2D eigenvalue weighted by Crippen LogP contribution is -2.32. The highest BCUT2D eigenvalue weighted by Gasteiger charge is 2.51. The molecule has 1 aliphatic rings. The molecular formula is C21H24O. The van der Waals surface area contributed by atoms with Crippen LogP contribution in [0.3, 0.4) is 0 Å². The lowest BCUT2D eigenvalue weighted by molar-refractivity contribution is 0.0875. The molecular weight excluding hydrogens is 268 g/mol. The van der Waals surface area contributed by atoms with Crippen LogP contribution in [0.5, 0.6) is 0 Å². The van der Waals surface area contributed by atoms with Crippen LogP contribution in [-0.2, 0) is 5.41 Å². The highest BCUT2D eigenvalue weighted by atomic mass is 16.1. The number of Topliss-reactive ketones (excluding diaryl/α,β-unsaturated/α-hetero) is 1. The third-order valence-electron chi connectivity index (χ3n) is 5.18. The van der Waals surface area contributed by atoms with Crippen molar-refractivity contribution in [2.45, 2.75) is 39.0 Å². The van der Waals surface area contributed by atoms with Gasteiger partial charge in [0.15, 0.2) is 5.78 Å². The average Bonchev–Trinajstić information content (AvgIpc) is 2.79. The maximum Gasteiger partial charge on any atom is 0.166 e. The maximum absolute atomic E-state index is 13.1. The minimum Gasteiger partial charge on any atom is -0.294 e. The molecule has 0 radical (unpaired) electrons. The number of carbonyl (C=O) groups is 1. The number of benzene rings is 2. The van der Waals surface area contributed by atoms with Crippen molar-refractivity contribution < 1.29 is 4.79 Å². The monoisotopic (exact) mass is 292 g/mol. The van der Waals surface area contributed by atoms with Gasteiger partial charge in [0.05, 0.1) is 0 Å². The van der Waals surface area contributed by atoms with Crippen LogP contribution in [0.4, 0.5) is 0 Å². The van der Waals surface area contributed by atoms with Gasteiger partial charge >= 0.3 is 0 Å². The predicted molar refractivity (Wildman–Crippen MR) is 91.1 cm³/mol. The fourth-order valence-electron chi connectivity index (χ4n) is 4.28. The summed E-state index contributed by atoms with van der Waals surface area (Å²) in [6.07, 6.45) is 2.00. The van der Waals surface area contributed by atoms with Crippen LogP contribution in [0.2, 0.25) is 0 Å². The SMILES string of the molecule is CC1(C)C[C@H](C(=O)c2ccccc2)[C@@](C)(c2ccccc2)C1. The van der Waals surface area contributed by atoms with E-state index in [2.05, 4.69) is 45.0 Å². The van der Waals surface area contributed by atoms with Gasteiger partial charge in [0, 0.05) is 16.9 Å². The number of hydrogen-bond donors (Lipinski definition) is 0. The van der Waals surface area contributed by atoms with E-state index in [1.807, 2.05) is 36.4 Å². The number of carbonyl (C=O) groups excluding carboxylic acids is 1. The molecule has 0 N–H and O–H groups in total. The van der Waals surface area contributed by atoms with E-state index in [0.29, 0.717) is 0 Å². The van der Waals surface area contributed by atoms with Crippen molar-refractivity contribution in [3.8, 4) is 0 Å². The molecule has 0 heterocycles. The molecule has 2 atom stereocenters. The highest BCUT2D eigenvalue weighted by Crippen LogP contribution is 2.54. The summed E-state index contributed by atoms with van der Waals surface area (Å²) in [4.78, 5) is 13.1. The first-order valence-electron chi connectivity index (χ1n) is 8.07. The normalized spacial score (nSPS) is 26.8. The van der Waals surface area contributed by atoms with E-state index in [9.17, 15) is 4.79 Å². The molecule has 114 valence electrons. The van der Waals surface area contributed by atoms with Crippen LogP contribution >= 0.6 is 0 Å². The van der Waals surface area contributed by atoms with Gasteiger partial charge in [0.2, 0.25) is 0 Å². The molecule has 0 aliphatic heterocycles. The maximum atomic E-state index is 13.1. The van der Waals surface area contributed by atoms with Gasteiger partial charge in [-0.05, 0) is 23.8 Å². The van der Waals surface area contributed by atoms with E-state index in [4.69, 9.17) is 0 Å². The predicted octanol–water partition coefficient (Wildman–Crippen LogP) is 5.26. The molecule has 1 fully saturated rings. The zero-order valence-electron chi connectivity index (χ0n) is 13.7. The smallest absolute Gasteiger partial charge is 0.166 e. The molecule has 1 saturated carbocycles. The van der Waals surface area contributed by atoms with Gasteiger partial charge in [-0.3, -0.25) is 4.79 Å². The van der Waals surface area contributed by atoms with E-state index < -0.39 is 0 Å². The Kier molecular flexibility index (Phi) is 3.68. The summed E-state index contributed by atoms with van der Waals surface area (Å²) in [6, 6.07) is 20.3. The zero-order valence-corrected chi connectivity index (χ0v) is 13.7. The summed E-state index contributed by atoms with van der Waals surface area (Å²) in [5.74, 6) is 0.338. The molecule has 0 unspecified atom stereocenters. The summed E-state index contributed by atoms with van der Waals surface area (Å²) in [7, 11) is 0. The molecule has 22 heavy (non-hydrogen) atoms. The van der Waals surface area contributed by atoms with Gasteiger partial charge in [0.25, 0.3) is 0 Å². The summed E-state index contributed by atoms with van der Waals surface area (Å²) in [5, 5.41) is 0. The van der Waals surface area contributed by atoms with Gasteiger partial charge in [0.1, 0.15) is 0 Å². The second-order valence-electron chi connectivity index (χ2n) is 7.61. The van der Waals surface area contributed by atoms with Crippen LogP contribution in [0.1, 0.15) is 49.5 Å². The van der Waals surface area contributed by atoms with E-state index in [1.165, 1.54) is 5.56 Å². The Balaban J connectivity index is 2.03. The molecule has 2 aromatic carbocycles. The lowest BCUT2D eigenvalue weighted by Gasteiger charge is -2.32. The second kappa shape index (κ2) is 5.39. The van der Waals surface area contributed by atoms with E-state index >= 15 is 0 Å². The van der Waals surface area contributed by atoms with Gasteiger partial charge in [-0.25, -0.2) is 0 Å². The second-order valence-corrected chi connectivity index (χ2v) is 7.61. The van der Waals surface area contributed by atoms with E-state index in [1.54, 1.807) is 0 Å². The van der Waals surface area contributed by atoms with Gasteiger partial charge in [-0.15, -0.1) is 0 Å².